The third kappa shape index (κ3) is 8.92. The van der Waals surface area contributed by atoms with Gasteiger partial charge in [0.05, 0.1) is 9.85 Å². The summed E-state index contributed by atoms with van der Waals surface area (Å²) < 4.78 is 0. The summed E-state index contributed by atoms with van der Waals surface area (Å²) in [5.41, 5.74) is 6.88. The van der Waals surface area contributed by atoms with Crippen LogP contribution >= 0.6 is 12.4 Å². The standard InChI is InChI=1S/C10H13N3O3.C7H8N2O2.ClH/c1-2-11-10(14)12-7-8-4-3-5-9(6-8)13(15)16;8-5-6-2-1-3-7(4-6)9(10)11;/h3-6H,2,7H2,1H3,(H2,11,12,14);1-4H,5,8H2;1H. The lowest BCUT2D eigenvalue weighted by Crippen LogP contribution is -2.34. The molecule has 2 aromatic rings. The molecule has 0 unspecified atom stereocenters. The minimum Gasteiger partial charge on any atom is -0.338 e. The highest BCUT2D eigenvalue weighted by Crippen LogP contribution is 2.13. The van der Waals surface area contributed by atoms with Gasteiger partial charge >= 0.3 is 6.03 Å². The lowest BCUT2D eigenvalue weighted by Gasteiger charge is -2.05. The van der Waals surface area contributed by atoms with Crippen molar-refractivity contribution in [1.82, 2.24) is 10.6 Å². The zero-order valence-electron chi connectivity index (χ0n) is 15.2. The monoisotopic (exact) mass is 411 g/mol. The van der Waals surface area contributed by atoms with Crippen LogP contribution in [0.25, 0.3) is 0 Å². The molecule has 0 aromatic heterocycles. The molecule has 0 aliphatic rings. The predicted octanol–water partition coefficient (Wildman–Crippen LogP) is 2.89. The smallest absolute Gasteiger partial charge is 0.315 e. The molecule has 0 fully saturated rings. The summed E-state index contributed by atoms with van der Waals surface area (Å²) in [6, 6.07) is 12.2. The van der Waals surface area contributed by atoms with Gasteiger partial charge in [-0.3, -0.25) is 20.2 Å². The van der Waals surface area contributed by atoms with Crippen molar-refractivity contribution in [2.75, 3.05) is 6.54 Å². The van der Waals surface area contributed by atoms with Crippen LogP contribution in [0.1, 0.15) is 18.1 Å². The van der Waals surface area contributed by atoms with Gasteiger partial charge in [-0.1, -0.05) is 24.3 Å². The highest BCUT2D eigenvalue weighted by Gasteiger charge is 2.06. The fraction of sp³-hybridized carbons (Fsp3) is 0.235. The summed E-state index contributed by atoms with van der Waals surface area (Å²) in [6.07, 6.45) is 0. The molecule has 0 aliphatic heterocycles. The maximum Gasteiger partial charge on any atom is 0.315 e. The Morgan fingerprint density at radius 3 is 1.93 bits per heavy atom. The van der Waals surface area contributed by atoms with Gasteiger partial charge in [0.1, 0.15) is 0 Å². The number of nitrogens with one attached hydrogen (secondary N) is 2. The molecule has 4 N–H and O–H groups in total. The van der Waals surface area contributed by atoms with E-state index in [1.165, 1.54) is 24.3 Å². The van der Waals surface area contributed by atoms with Crippen molar-refractivity contribution >= 4 is 29.8 Å². The molecule has 0 bridgehead atoms. The normalized spacial score (nSPS) is 9.21. The summed E-state index contributed by atoms with van der Waals surface area (Å²) in [4.78, 5) is 30.9. The SMILES string of the molecule is CCNC(=O)NCc1cccc([N+](=O)[O-])c1.Cl.NCc1cccc([N+](=O)[O-])c1. The summed E-state index contributed by atoms with van der Waals surface area (Å²) in [7, 11) is 0. The number of benzene rings is 2. The number of hydrogen-bond acceptors (Lipinski definition) is 6. The van der Waals surface area contributed by atoms with Crippen LogP contribution in [0.4, 0.5) is 16.2 Å². The number of amides is 2. The van der Waals surface area contributed by atoms with Gasteiger partial charge in [0.15, 0.2) is 0 Å². The molecule has 0 heterocycles. The van der Waals surface area contributed by atoms with E-state index in [0.717, 1.165) is 5.56 Å². The fourth-order valence-electron chi connectivity index (χ4n) is 1.98. The Hall–Kier alpha value is -3.24. The maximum atomic E-state index is 11.1. The molecule has 11 heteroatoms. The largest absolute Gasteiger partial charge is 0.338 e. The Labute approximate surface area is 167 Å². The Morgan fingerprint density at radius 1 is 0.964 bits per heavy atom. The molecule has 0 radical (unpaired) electrons. The van der Waals surface area contributed by atoms with Crippen molar-refractivity contribution in [2.45, 2.75) is 20.0 Å². The zero-order valence-corrected chi connectivity index (χ0v) is 16.0. The number of non-ortho nitro benzene ring substituents is 2. The second kappa shape index (κ2) is 13.0. The average Bonchev–Trinajstić information content (AvgIpc) is 2.67. The van der Waals surface area contributed by atoms with E-state index in [0.29, 0.717) is 18.7 Å². The molecule has 2 rings (SSSR count). The predicted molar refractivity (Wildman–Crippen MR) is 107 cm³/mol. The van der Waals surface area contributed by atoms with Gasteiger partial charge in [-0.2, -0.15) is 0 Å². The van der Waals surface area contributed by atoms with E-state index >= 15 is 0 Å². The van der Waals surface area contributed by atoms with E-state index in [2.05, 4.69) is 10.6 Å². The third-order valence-corrected chi connectivity index (χ3v) is 3.27. The number of urea groups is 1. The van der Waals surface area contributed by atoms with Crippen LogP contribution in [-0.2, 0) is 13.1 Å². The maximum absolute atomic E-state index is 11.1. The number of hydrogen-bond donors (Lipinski definition) is 3. The summed E-state index contributed by atoms with van der Waals surface area (Å²) >= 11 is 0. The van der Waals surface area contributed by atoms with Crippen LogP contribution in [0.15, 0.2) is 48.5 Å². The van der Waals surface area contributed by atoms with Gasteiger partial charge in [0, 0.05) is 43.9 Å². The summed E-state index contributed by atoms with van der Waals surface area (Å²) in [6.45, 7) is 2.96. The van der Waals surface area contributed by atoms with Crippen molar-refractivity contribution in [2.24, 2.45) is 5.73 Å². The van der Waals surface area contributed by atoms with Crippen molar-refractivity contribution in [3.8, 4) is 0 Å². The van der Waals surface area contributed by atoms with E-state index in [4.69, 9.17) is 5.73 Å². The summed E-state index contributed by atoms with van der Waals surface area (Å²) in [5.74, 6) is 0. The fourth-order valence-corrected chi connectivity index (χ4v) is 1.98. The molecule has 28 heavy (non-hydrogen) atoms. The first-order chi connectivity index (χ1) is 12.9. The number of carbonyl (C=O) groups excluding carboxylic acids is 1. The minimum atomic E-state index is -0.463. The van der Waals surface area contributed by atoms with Crippen LogP contribution < -0.4 is 16.4 Å². The van der Waals surface area contributed by atoms with E-state index in [1.54, 1.807) is 24.3 Å². The van der Waals surface area contributed by atoms with Gasteiger partial charge < -0.3 is 16.4 Å². The van der Waals surface area contributed by atoms with Gasteiger partial charge in [0.25, 0.3) is 11.4 Å². The van der Waals surface area contributed by atoms with Crippen LogP contribution in [0.3, 0.4) is 0 Å². The number of nitro groups is 2. The van der Waals surface area contributed by atoms with E-state index in [1.807, 2.05) is 6.92 Å². The molecule has 152 valence electrons. The molecule has 10 nitrogen and oxygen atoms in total. The van der Waals surface area contributed by atoms with Crippen LogP contribution in [0.2, 0.25) is 0 Å². The van der Waals surface area contributed by atoms with Crippen LogP contribution in [0, 0.1) is 20.2 Å². The first-order valence-corrected chi connectivity index (χ1v) is 8.05. The lowest BCUT2D eigenvalue weighted by atomic mass is 10.2. The second-order valence-electron chi connectivity index (χ2n) is 5.27. The van der Waals surface area contributed by atoms with Crippen molar-refractivity contribution in [3.63, 3.8) is 0 Å². The molecule has 0 saturated carbocycles. The molecule has 0 aliphatic carbocycles. The van der Waals surface area contributed by atoms with E-state index < -0.39 is 9.85 Å². The highest BCUT2D eigenvalue weighted by atomic mass is 35.5. The number of nitro benzene ring substituents is 2. The lowest BCUT2D eigenvalue weighted by molar-refractivity contribution is -0.385. The van der Waals surface area contributed by atoms with Crippen molar-refractivity contribution < 1.29 is 14.6 Å². The van der Waals surface area contributed by atoms with Crippen LogP contribution in [0.5, 0.6) is 0 Å². The third-order valence-electron chi connectivity index (χ3n) is 3.27. The number of carbonyl (C=O) groups is 1. The molecular formula is C17H22ClN5O5. The zero-order chi connectivity index (χ0) is 20.2. The Bertz CT molecular complexity index is 803. The first kappa shape index (κ1) is 24.8. The van der Waals surface area contributed by atoms with Gasteiger partial charge in [-0.05, 0) is 18.1 Å². The molecular weight excluding hydrogens is 390 g/mol. The molecule has 2 aromatic carbocycles. The average molecular weight is 412 g/mol. The molecule has 0 atom stereocenters. The van der Waals surface area contributed by atoms with Crippen molar-refractivity contribution in [3.05, 3.63) is 79.9 Å². The van der Waals surface area contributed by atoms with Crippen molar-refractivity contribution in [1.29, 1.82) is 0 Å². The number of nitrogens with two attached hydrogens (primary N) is 1. The van der Waals surface area contributed by atoms with Gasteiger partial charge in [-0.15, -0.1) is 12.4 Å². The first-order valence-electron chi connectivity index (χ1n) is 8.05. The number of nitrogens with zero attached hydrogens (tertiary/aromatic N) is 2. The second-order valence-corrected chi connectivity index (χ2v) is 5.27. The number of halogens is 1. The highest BCUT2D eigenvalue weighted by molar-refractivity contribution is 5.85. The molecule has 0 spiro atoms. The van der Waals surface area contributed by atoms with Crippen LogP contribution in [-0.4, -0.2) is 22.4 Å². The quantitative estimate of drug-likeness (QED) is 0.490. The Balaban J connectivity index is 0.000000535. The van der Waals surface area contributed by atoms with Gasteiger partial charge in [-0.25, -0.2) is 4.79 Å². The number of rotatable bonds is 6. The Morgan fingerprint density at radius 2 is 1.46 bits per heavy atom. The minimum absolute atomic E-state index is 0. The van der Waals surface area contributed by atoms with E-state index in [9.17, 15) is 25.0 Å². The molecule has 0 saturated heterocycles. The van der Waals surface area contributed by atoms with E-state index in [-0.39, 0.29) is 36.4 Å². The summed E-state index contributed by atoms with van der Waals surface area (Å²) in [5, 5.41) is 25.9. The topological polar surface area (TPSA) is 153 Å². The Kier molecular flexibility index (Phi) is 11.5. The van der Waals surface area contributed by atoms with Gasteiger partial charge in [0.2, 0.25) is 0 Å². The molecule has 2 amide bonds.